The maximum absolute atomic E-state index is 13.2. The Bertz CT molecular complexity index is 1220. The Morgan fingerprint density at radius 3 is 2.44 bits per heavy atom. The summed E-state index contributed by atoms with van der Waals surface area (Å²) in [5.41, 5.74) is 3.19. The molecule has 178 valence electrons. The summed E-state index contributed by atoms with van der Waals surface area (Å²) >= 11 is 1.57. The van der Waals surface area contributed by atoms with Crippen molar-refractivity contribution in [2.75, 3.05) is 45.2 Å². The zero-order valence-electron chi connectivity index (χ0n) is 19.7. The fourth-order valence-electron chi connectivity index (χ4n) is 5.18. The van der Waals surface area contributed by atoms with Gasteiger partial charge >= 0.3 is 0 Å². The smallest absolute Gasteiger partial charge is 0.227 e. The lowest BCUT2D eigenvalue weighted by Crippen LogP contribution is -2.54. The van der Waals surface area contributed by atoms with Gasteiger partial charge in [0, 0.05) is 18.1 Å². The van der Waals surface area contributed by atoms with Gasteiger partial charge in [0.1, 0.15) is 5.01 Å². The highest BCUT2D eigenvalue weighted by atomic mass is 32.1. The minimum atomic E-state index is -1.20. The number of benzene rings is 2. The van der Waals surface area contributed by atoms with E-state index >= 15 is 0 Å². The fraction of sp³-hybridized carbons (Fsp3) is 0.423. The molecular formula is C26H30N4O3S. The molecule has 0 atom stereocenters. The summed E-state index contributed by atoms with van der Waals surface area (Å²) in [5, 5.41) is 15.3. The first-order valence-corrected chi connectivity index (χ1v) is 12.6. The quantitative estimate of drug-likeness (QED) is 0.546. The highest BCUT2D eigenvalue weighted by Gasteiger charge is 2.43. The zero-order valence-corrected chi connectivity index (χ0v) is 20.5. The molecule has 1 aliphatic heterocycles. The lowest BCUT2D eigenvalue weighted by atomic mass is 9.80. The van der Waals surface area contributed by atoms with Crippen molar-refractivity contribution in [1.82, 2.24) is 10.3 Å². The van der Waals surface area contributed by atoms with Crippen LogP contribution in [0.4, 0.5) is 5.69 Å². The van der Waals surface area contributed by atoms with Crippen LogP contribution in [0.25, 0.3) is 10.2 Å². The first-order chi connectivity index (χ1) is 16.2. The number of carboxylic acid groups (broad SMARTS) is 1. The van der Waals surface area contributed by atoms with Crippen molar-refractivity contribution in [3.05, 3.63) is 58.6 Å². The van der Waals surface area contributed by atoms with Crippen molar-refractivity contribution in [2.45, 2.75) is 25.8 Å². The van der Waals surface area contributed by atoms with Crippen molar-refractivity contribution in [1.29, 1.82) is 0 Å². The number of nitrogens with one attached hydrogen (secondary N) is 1. The molecule has 1 aromatic heterocycles. The van der Waals surface area contributed by atoms with Crippen molar-refractivity contribution in [3.63, 3.8) is 0 Å². The summed E-state index contributed by atoms with van der Waals surface area (Å²) in [5.74, 6) is -1.45. The Morgan fingerprint density at radius 1 is 1.12 bits per heavy atom. The molecular weight excluding hydrogens is 448 g/mol. The van der Waals surface area contributed by atoms with Gasteiger partial charge < -0.3 is 24.6 Å². The normalized spacial score (nSPS) is 18.6. The van der Waals surface area contributed by atoms with E-state index in [0.29, 0.717) is 12.8 Å². The number of fused-ring (bicyclic) bond motifs is 2. The summed E-state index contributed by atoms with van der Waals surface area (Å²) < 4.78 is 2.15. The van der Waals surface area contributed by atoms with Crippen LogP contribution in [-0.4, -0.2) is 61.6 Å². The number of piperazine rings is 1. The predicted molar refractivity (Wildman–Crippen MR) is 131 cm³/mol. The molecule has 2 aromatic carbocycles. The number of nitrogens with zero attached hydrogens (tertiary/aromatic N) is 3. The second-order valence-electron chi connectivity index (χ2n) is 10.3. The Hall–Kier alpha value is -2.97. The SMILES string of the molecule is C[N+]1(C)CCN(c2ccc3nc(CNC(=O)C4(CC(=O)[O-])Cc5ccccc5C4)sc3c2)CC1. The minimum absolute atomic E-state index is 0.248. The highest BCUT2D eigenvalue weighted by Crippen LogP contribution is 2.40. The summed E-state index contributed by atoms with van der Waals surface area (Å²) in [7, 11) is 4.54. The number of anilines is 1. The third-order valence-corrected chi connectivity index (χ3v) is 8.29. The lowest BCUT2D eigenvalue weighted by Gasteiger charge is -2.40. The number of carbonyl (C=O) groups excluding carboxylic acids is 2. The molecule has 1 aliphatic carbocycles. The highest BCUT2D eigenvalue weighted by molar-refractivity contribution is 7.18. The summed E-state index contributed by atoms with van der Waals surface area (Å²) in [4.78, 5) is 31.9. The standard InChI is InChI=1S/C26H30N4O3S/c1-30(2)11-9-29(10-12-30)20-7-8-21-22(13-20)34-23(28-21)17-27-25(33)26(16-24(31)32)14-18-5-3-4-6-19(18)15-26/h3-8,13H,9-12,14-17H2,1-2H3,(H-,27,31,32,33). The topological polar surface area (TPSA) is 85.4 Å². The van der Waals surface area contributed by atoms with E-state index in [1.54, 1.807) is 11.3 Å². The molecule has 8 heteroatoms. The molecule has 7 nitrogen and oxygen atoms in total. The third kappa shape index (κ3) is 4.52. The molecule has 5 rings (SSSR count). The lowest BCUT2D eigenvalue weighted by molar-refractivity contribution is -0.890. The van der Waals surface area contributed by atoms with Crippen LogP contribution in [0.3, 0.4) is 0 Å². The monoisotopic (exact) mass is 478 g/mol. The van der Waals surface area contributed by atoms with Gasteiger partial charge in [-0.2, -0.15) is 0 Å². The van der Waals surface area contributed by atoms with Gasteiger partial charge in [0.15, 0.2) is 0 Å². The van der Waals surface area contributed by atoms with Gasteiger partial charge in [-0.3, -0.25) is 4.79 Å². The van der Waals surface area contributed by atoms with Gasteiger partial charge in [0.2, 0.25) is 5.91 Å². The number of hydrogen-bond donors (Lipinski definition) is 1. The van der Waals surface area contributed by atoms with Gasteiger partial charge in [-0.1, -0.05) is 24.3 Å². The van der Waals surface area contributed by atoms with Crippen molar-refractivity contribution in [2.24, 2.45) is 5.41 Å². The number of carboxylic acids is 1. The van der Waals surface area contributed by atoms with E-state index in [2.05, 4.69) is 36.4 Å². The molecule has 2 heterocycles. The van der Waals surface area contributed by atoms with Crippen LogP contribution in [-0.2, 0) is 29.0 Å². The van der Waals surface area contributed by atoms with Crippen LogP contribution in [0, 0.1) is 5.41 Å². The Balaban J connectivity index is 1.28. The molecule has 1 amide bonds. The first-order valence-electron chi connectivity index (χ1n) is 11.7. The van der Waals surface area contributed by atoms with Gasteiger partial charge in [0.25, 0.3) is 0 Å². The molecule has 0 radical (unpaired) electrons. The van der Waals surface area contributed by atoms with Crippen LogP contribution in [0.15, 0.2) is 42.5 Å². The molecule has 1 saturated heterocycles. The third-order valence-electron chi connectivity index (χ3n) is 7.27. The number of aromatic nitrogens is 1. The molecule has 0 spiro atoms. The maximum Gasteiger partial charge on any atom is 0.227 e. The Labute approximate surface area is 203 Å². The molecule has 1 fully saturated rings. The van der Waals surface area contributed by atoms with Crippen LogP contribution in [0.1, 0.15) is 22.6 Å². The number of carbonyl (C=O) groups is 2. The van der Waals surface area contributed by atoms with E-state index in [0.717, 1.165) is 57.0 Å². The van der Waals surface area contributed by atoms with Crippen LogP contribution >= 0.6 is 11.3 Å². The second-order valence-corrected chi connectivity index (χ2v) is 11.4. The first kappa shape index (κ1) is 22.8. The average molecular weight is 479 g/mol. The number of rotatable bonds is 6. The van der Waals surface area contributed by atoms with Gasteiger partial charge in [-0.15, -0.1) is 11.3 Å². The van der Waals surface area contributed by atoms with Gasteiger partial charge in [-0.05, 0) is 42.2 Å². The number of likely N-dealkylation sites (N-methyl/N-ethyl adjacent to an activating group) is 1. The van der Waals surface area contributed by atoms with E-state index in [-0.39, 0.29) is 18.9 Å². The number of hydrogen-bond acceptors (Lipinski definition) is 6. The largest absolute Gasteiger partial charge is 0.550 e. The van der Waals surface area contributed by atoms with Crippen LogP contribution < -0.4 is 15.3 Å². The number of aliphatic carboxylic acids is 1. The molecule has 3 aromatic rings. The zero-order chi connectivity index (χ0) is 23.9. The van der Waals surface area contributed by atoms with E-state index in [1.807, 2.05) is 30.3 Å². The summed E-state index contributed by atoms with van der Waals surface area (Å²) in [6, 6.07) is 14.1. The molecule has 2 aliphatic rings. The van der Waals surface area contributed by atoms with E-state index in [1.165, 1.54) is 5.69 Å². The molecule has 34 heavy (non-hydrogen) atoms. The average Bonchev–Trinajstić information content (AvgIpc) is 3.37. The predicted octanol–water partition coefficient (Wildman–Crippen LogP) is 1.73. The van der Waals surface area contributed by atoms with E-state index in [9.17, 15) is 14.7 Å². The van der Waals surface area contributed by atoms with E-state index < -0.39 is 11.4 Å². The second kappa shape index (κ2) is 8.67. The minimum Gasteiger partial charge on any atom is -0.550 e. The Morgan fingerprint density at radius 2 is 1.79 bits per heavy atom. The molecule has 0 bridgehead atoms. The summed E-state index contributed by atoms with van der Waals surface area (Å²) in [6.45, 7) is 4.59. The van der Waals surface area contributed by atoms with Gasteiger partial charge in [-0.25, -0.2) is 4.98 Å². The van der Waals surface area contributed by atoms with Crippen LogP contribution in [0.5, 0.6) is 0 Å². The molecule has 0 unspecified atom stereocenters. The number of amides is 1. The van der Waals surface area contributed by atoms with Crippen molar-refractivity contribution in [3.8, 4) is 0 Å². The number of thiazole rings is 1. The van der Waals surface area contributed by atoms with Crippen molar-refractivity contribution >= 4 is 39.1 Å². The molecule has 0 saturated carbocycles. The maximum atomic E-state index is 13.2. The summed E-state index contributed by atoms with van der Waals surface area (Å²) in [6.07, 6.45) is 0.539. The van der Waals surface area contributed by atoms with Crippen molar-refractivity contribution < 1.29 is 19.2 Å². The molecule has 1 N–H and O–H groups in total. The number of quaternary nitrogens is 1. The Kier molecular flexibility index (Phi) is 5.81. The fourth-order valence-corrected chi connectivity index (χ4v) is 6.12. The van der Waals surface area contributed by atoms with E-state index in [4.69, 9.17) is 4.98 Å². The van der Waals surface area contributed by atoms with Gasteiger partial charge in [0.05, 0.1) is 62.5 Å². The van der Waals surface area contributed by atoms with Crippen LogP contribution in [0.2, 0.25) is 0 Å².